The first-order valence-electron chi connectivity index (χ1n) is 8.89. The molecule has 1 aromatic rings. The van der Waals surface area contributed by atoms with E-state index in [0.29, 0.717) is 31.2 Å². The Balaban J connectivity index is 1.75. The first-order chi connectivity index (χ1) is 12.1. The van der Waals surface area contributed by atoms with Gasteiger partial charge in [-0.3, -0.25) is 19.2 Å². The molecule has 0 spiro atoms. The summed E-state index contributed by atoms with van der Waals surface area (Å²) in [5.41, 5.74) is 0.567. The molecular weight excluding hydrogens is 322 g/mol. The summed E-state index contributed by atoms with van der Waals surface area (Å²) >= 11 is 0. The number of hydrogen-bond acceptors (Lipinski definition) is 5. The Kier molecular flexibility index (Phi) is 5.70. The van der Waals surface area contributed by atoms with Gasteiger partial charge >= 0.3 is 0 Å². The summed E-state index contributed by atoms with van der Waals surface area (Å²) < 4.78 is 7.08. The highest BCUT2D eigenvalue weighted by atomic mass is 16.5. The first-order valence-corrected chi connectivity index (χ1v) is 8.89. The standard InChI is InChI=1S/C17H27N5O3/c1-18-16(23)14-11-21(15-3-7-25-8-4-15)5-6-22(12-14)17(24)13-9-19-20(2)10-13/h9-10,14-15H,3-8,11-12H2,1-2H3,(H,18,23)/t14-/m1/s1. The maximum absolute atomic E-state index is 12.8. The molecule has 0 aromatic carbocycles. The third kappa shape index (κ3) is 4.19. The molecule has 2 aliphatic rings. The Hall–Kier alpha value is -1.93. The van der Waals surface area contributed by atoms with E-state index in [0.717, 1.165) is 32.6 Å². The Bertz CT molecular complexity index is 611. The van der Waals surface area contributed by atoms with Gasteiger partial charge in [0.2, 0.25) is 5.91 Å². The van der Waals surface area contributed by atoms with Crippen LogP contribution in [-0.4, -0.2) is 83.9 Å². The van der Waals surface area contributed by atoms with Crippen molar-refractivity contribution in [3.8, 4) is 0 Å². The van der Waals surface area contributed by atoms with Gasteiger partial charge in [-0.2, -0.15) is 5.10 Å². The zero-order chi connectivity index (χ0) is 17.8. The molecule has 1 atom stereocenters. The Morgan fingerprint density at radius 2 is 2.00 bits per heavy atom. The molecule has 1 N–H and O–H groups in total. The number of nitrogens with one attached hydrogen (secondary N) is 1. The molecule has 0 saturated carbocycles. The molecule has 0 radical (unpaired) electrons. The van der Waals surface area contributed by atoms with Gasteiger partial charge in [-0.25, -0.2) is 0 Å². The molecule has 0 unspecified atom stereocenters. The molecule has 3 rings (SSSR count). The number of amides is 2. The monoisotopic (exact) mass is 349 g/mol. The van der Waals surface area contributed by atoms with Crippen LogP contribution < -0.4 is 5.32 Å². The fourth-order valence-corrected chi connectivity index (χ4v) is 3.69. The lowest BCUT2D eigenvalue weighted by atomic mass is 10.0. The number of ether oxygens (including phenoxy) is 1. The van der Waals surface area contributed by atoms with Crippen LogP contribution in [0.2, 0.25) is 0 Å². The maximum atomic E-state index is 12.8. The van der Waals surface area contributed by atoms with Gasteiger partial charge in [0.15, 0.2) is 0 Å². The van der Waals surface area contributed by atoms with Gasteiger partial charge in [0.25, 0.3) is 5.91 Å². The fraction of sp³-hybridized carbons (Fsp3) is 0.706. The normalized spacial score (nSPS) is 23.3. The lowest BCUT2D eigenvalue weighted by Gasteiger charge is -2.34. The van der Waals surface area contributed by atoms with Crippen LogP contribution in [0, 0.1) is 5.92 Å². The highest BCUT2D eigenvalue weighted by Crippen LogP contribution is 2.20. The average Bonchev–Trinajstić information content (AvgIpc) is 2.95. The summed E-state index contributed by atoms with van der Waals surface area (Å²) in [6.45, 7) is 4.06. The predicted octanol–water partition coefficient (Wildman–Crippen LogP) is -0.281. The smallest absolute Gasteiger partial charge is 0.257 e. The van der Waals surface area contributed by atoms with E-state index in [1.807, 2.05) is 0 Å². The van der Waals surface area contributed by atoms with Crippen LogP contribution >= 0.6 is 0 Å². The number of nitrogens with zero attached hydrogens (tertiary/aromatic N) is 4. The molecule has 2 fully saturated rings. The van der Waals surface area contributed by atoms with E-state index in [2.05, 4.69) is 15.3 Å². The molecule has 0 bridgehead atoms. The van der Waals surface area contributed by atoms with Crippen LogP contribution in [0.25, 0.3) is 0 Å². The van der Waals surface area contributed by atoms with E-state index in [4.69, 9.17) is 4.74 Å². The van der Waals surface area contributed by atoms with E-state index in [1.54, 1.807) is 36.1 Å². The van der Waals surface area contributed by atoms with Crippen LogP contribution in [0.5, 0.6) is 0 Å². The summed E-state index contributed by atoms with van der Waals surface area (Å²) in [6, 6.07) is 0.425. The number of hydrogen-bond donors (Lipinski definition) is 1. The van der Waals surface area contributed by atoms with Crippen LogP contribution in [0.15, 0.2) is 12.4 Å². The summed E-state index contributed by atoms with van der Waals surface area (Å²) in [4.78, 5) is 29.3. The molecule has 1 aromatic heterocycles. The second kappa shape index (κ2) is 7.97. The number of aromatic nitrogens is 2. The van der Waals surface area contributed by atoms with Gasteiger partial charge in [-0.1, -0.05) is 0 Å². The third-order valence-corrected chi connectivity index (χ3v) is 5.12. The predicted molar refractivity (Wildman–Crippen MR) is 92.1 cm³/mol. The van der Waals surface area contributed by atoms with Crippen LogP contribution in [0.1, 0.15) is 23.2 Å². The number of aryl methyl sites for hydroxylation is 1. The van der Waals surface area contributed by atoms with Crippen molar-refractivity contribution in [2.75, 3.05) is 46.4 Å². The quantitative estimate of drug-likeness (QED) is 0.812. The molecule has 3 heterocycles. The molecule has 2 aliphatic heterocycles. The van der Waals surface area contributed by atoms with E-state index in [1.165, 1.54) is 0 Å². The third-order valence-electron chi connectivity index (χ3n) is 5.12. The molecule has 0 aliphatic carbocycles. The van der Waals surface area contributed by atoms with Gasteiger partial charge in [0, 0.05) is 65.7 Å². The van der Waals surface area contributed by atoms with Crippen molar-refractivity contribution < 1.29 is 14.3 Å². The zero-order valence-corrected chi connectivity index (χ0v) is 15.0. The summed E-state index contributed by atoms with van der Waals surface area (Å²) in [5.74, 6) is -0.297. The SMILES string of the molecule is CNC(=O)[C@H]1CN(C(=O)c2cnn(C)c2)CCN(C2CCOCC2)C1. The molecule has 2 saturated heterocycles. The summed E-state index contributed by atoms with van der Waals surface area (Å²) in [5, 5.41) is 6.82. The minimum atomic E-state index is -0.226. The van der Waals surface area contributed by atoms with Crippen LogP contribution in [0.4, 0.5) is 0 Å². The van der Waals surface area contributed by atoms with Gasteiger partial charge in [0.1, 0.15) is 0 Å². The van der Waals surface area contributed by atoms with Crippen molar-refractivity contribution in [2.45, 2.75) is 18.9 Å². The number of carbonyl (C=O) groups is 2. The molecule has 8 nitrogen and oxygen atoms in total. The second-order valence-electron chi connectivity index (χ2n) is 6.80. The van der Waals surface area contributed by atoms with Gasteiger partial charge in [-0.15, -0.1) is 0 Å². The van der Waals surface area contributed by atoms with E-state index in [-0.39, 0.29) is 17.7 Å². The zero-order valence-electron chi connectivity index (χ0n) is 15.0. The summed E-state index contributed by atoms with van der Waals surface area (Å²) in [7, 11) is 3.44. The van der Waals surface area contributed by atoms with Gasteiger partial charge < -0.3 is 15.0 Å². The maximum Gasteiger partial charge on any atom is 0.257 e. The molecule has 2 amide bonds. The Morgan fingerprint density at radius 1 is 1.24 bits per heavy atom. The van der Waals surface area contributed by atoms with Crippen molar-refractivity contribution in [2.24, 2.45) is 13.0 Å². The van der Waals surface area contributed by atoms with E-state index < -0.39 is 0 Å². The molecule has 8 heteroatoms. The largest absolute Gasteiger partial charge is 0.381 e. The second-order valence-corrected chi connectivity index (χ2v) is 6.80. The number of carbonyl (C=O) groups excluding carboxylic acids is 2. The van der Waals surface area contributed by atoms with Crippen molar-refractivity contribution in [1.29, 1.82) is 0 Å². The van der Waals surface area contributed by atoms with E-state index in [9.17, 15) is 9.59 Å². The lowest BCUT2D eigenvalue weighted by molar-refractivity contribution is -0.125. The van der Waals surface area contributed by atoms with Gasteiger partial charge in [-0.05, 0) is 12.8 Å². The number of rotatable bonds is 3. The van der Waals surface area contributed by atoms with E-state index >= 15 is 0 Å². The molecular formula is C17H27N5O3. The highest BCUT2D eigenvalue weighted by molar-refractivity contribution is 5.94. The first kappa shape index (κ1) is 17.9. The molecule has 25 heavy (non-hydrogen) atoms. The summed E-state index contributed by atoms with van der Waals surface area (Å²) in [6.07, 6.45) is 5.27. The van der Waals surface area contributed by atoms with Crippen molar-refractivity contribution in [3.05, 3.63) is 18.0 Å². The van der Waals surface area contributed by atoms with Gasteiger partial charge in [0.05, 0.1) is 17.7 Å². The van der Waals surface area contributed by atoms with Crippen molar-refractivity contribution >= 4 is 11.8 Å². The van der Waals surface area contributed by atoms with Crippen molar-refractivity contribution in [3.63, 3.8) is 0 Å². The Labute approximate surface area is 148 Å². The fourth-order valence-electron chi connectivity index (χ4n) is 3.69. The van der Waals surface area contributed by atoms with Crippen molar-refractivity contribution in [1.82, 2.24) is 24.9 Å². The highest BCUT2D eigenvalue weighted by Gasteiger charge is 2.33. The van der Waals surface area contributed by atoms with Crippen LogP contribution in [0.3, 0.4) is 0 Å². The topological polar surface area (TPSA) is 79.7 Å². The lowest BCUT2D eigenvalue weighted by Crippen LogP contribution is -2.45. The minimum absolute atomic E-state index is 0.0112. The minimum Gasteiger partial charge on any atom is -0.381 e. The van der Waals surface area contributed by atoms with Crippen LogP contribution in [-0.2, 0) is 16.6 Å². The Morgan fingerprint density at radius 3 is 2.64 bits per heavy atom. The molecule has 138 valence electrons. The average molecular weight is 349 g/mol.